The summed E-state index contributed by atoms with van der Waals surface area (Å²) < 4.78 is 63.5. The van der Waals surface area contributed by atoms with Gasteiger partial charge in [-0.25, -0.2) is 22.7 Å². The third kappa shape index (κ3) is 5.00. The molecule has 2 aliphatic heterocycles. The van der Waals surface area contributed by atoms with Gasteiger partial charge in [0.25, 0.3) is 5.91 Å². The Morgan fingerprint density at radius 3 is 2.40 bits per heavy atom. The number of benzene rings is 2. The number of ether oxygens (including phenoxy) is 1. The number of carbonyl (C=O) groups is 2. The van der Waals surface area contributed by atoms with E-state index in [1.807, 2.05) is 0 Å². The molecule has 9 nitrogen and oxygen atoms in total. The van der Waals surface area contributed by atoms with Crippen LogP contribution in [-0.4, -0.2) is 39.0 Å². The Morgan fingerprint density at radius 2 is 1.74 bits per heavy atom. The first kappa shape index (κ1) is 29.8. The molecule has 0 unspecified atom stereocenters. The van der Waals surface area contributed by atoms with Gasteiger partial charge in [-0.2, -0.15) is 10.4 Å². The van der Waals surface area contributed by atoms with Crippen molar-refractivity contribution >= 4 is 11.8 Å². The van der Waals surface area contributed by atoms with E-state index in [4.69, 9.17) is 4.74 Å². The topological polar surface area (TPSA) is 128 Å². The highest BCUT2D eigenvalue weighted by molar-refractivity contribution is 5.98. The van der Waals surface area contributed by atoms with E-state index in [2.05, 4.69) is 21.6 Å². The van der Waals surface area contributed by atoms with Crippen LogP contribution in [0.5, 0.6) is 11.5 Å². The molecule has 0 saturated carbocycles. The van der Waals surface area contributed by atoms with Crippen molar-refractivity contribution in [2.24, 2.45) is 5.41 Å². The number of nitrogens with one attached hydrogen (secondary N) is 2. The second-order valence-corrected chi connectivity index (χ2v) is 11.5. The zero-order valence-electron chi connectivity index (χ0n) is 23.6. The van der Waals surface area contributed by atoms with Gasteiger partial charge in [-0.15, -0.1) is 0 Å². The van der Waals surface area contributed by atoms with Crippen molar-refractivity contribution in [3.63, 3.8) is 0 Å². The van der Waals surface area contributed by atoms with Gasteiger partial charge in [-0.1, -0.05) is 0 Å². The molecule has 2 N–H and O–H groups in total. The highest BCUT2D eigenvalue weighted by Gasteiger charge is 2.61. The fraction of sp³-hybridized carbons (Fsp3) is 0.367. The number of hydrogen-bond donors (Lipinski definition) is 2. The molecule has 2 fully saturated rings. The number of aryl methyl sites for hydroxylation is 2. The van der Waals surface area contributed by atoms with E-state index in [9.17, 15) is 37.2 Å². The van der Waals surface area contributed by atoms with Crippen molar-refractivity contribution in [3.05, 3.63) is 86.3 Å². The monoisotopic (exact) mass is 597 g/mol. The maximum absolute atomic E-state index is 14.9. The van der Waals surface area contributed by atoms with Gasteiger partial charge in [-0.3, -0.25) is 14.4 Å². The van der Waals surface area contributed by atoms with Crippen LogP contribution in [0.1, 0.15) is 60.3 Å². The van der Waals surface area contributed by atoms with Crippen molar-refractivity contribution in [2.45, 2.75) is 64.6 Å². The number of nitriles is 1. The van der Waals surface area contributed by atoms with Crippen LogP contribution in [0.25, 0.3) is 0 Å². The molecule has 3 aromatic rings. The third-order valence-electron chi connectivity index (χ3n) is 8.25. The summed E-state index contributed by atoms with van der Waals surface area (Å²) in [4.78, 5) is 40.4. The minimum Gasteiger partial charge on any atom is -0.445 e. The van der Waals surface area contributed by atoms with E-state index < -0.39 is 80.7 Å². The molecule has 3 atom stereocenters. The Balaban J connectivity index is 1.46. The number of nitrogens with zero attached hydrogens (tertiary/aromatic N) is 3. The van der Waals surface area contributed by atoms with Crippen molar-refractivity contribution in [3.8, 4) is 17.6 Å². The zero-order chi connectivity index (χ0) is 31.4. The number of hydrogen-bond acceptors (Lipinski definition) is 6. The van der Waals surface area contributed by atoms with E-state index in [-0.39, 0.29) is 6.42 Å². The first-order valence-corrected chi connectivity index (χ1v) is 13.4. The SMILES string of the molecule is Cc1cc(Oc2c(F)cc(C(=O)N[C@H]3C[C@@]4(c5cc(F)c(F)cc5C)CC[C@H](C(C)(C)C#N)N4C3=O)cc2F)c(=O)[nH]n1. The van der Waals surface area contributed by atoms with E-state index in [1.54, 1.807) is 20.8 Å². The molecule has 2 amide bonds. The van der Waals surface area contributed by atoms with Gasteiger partial charge in [0, 0.05) is 18.1 Å². The lowest BCUT2D eigenvalue weighted by atomic mass is 9.82. The predicted octanol–water partition coefficient (Wildman–Crippen LogP) is 4.67. The quantitative estimate of drug-likeness (QED) is 0.398. The molecular formula is C30H27F4N5O4. The second-order valence-electron chi connectivity index (χ2n) is 11.5. The Labute approximate surface area is 243 Å². The number of amides is 2. The molecule has 43 heavy (non-hydrogen) atoms. The summed E-state index contributed by atoms with van der Waals surface area (Å²) in [6.45, 7) is 6.45. The van der Waals surface area contributed by atoms with E-state index in [1.165, 1.54) is 17.9 Å². The molecule has 1 aromatic heterocycles. The Hall–Kier alpha value is -4.73. The van der Waals surface area contributed by atoms with Gasteiger partial charge in [-0.05, 0) is 75.9 Å². The molecule has 5 rings (SSSR count). The molecule has 2 aliphatic rings. The maximum atomic E-state index is 14.9. The van der Waals surface area contributed by atoms with Crippen molar-refractivity contribution in [1.29, 1.82) is 5.26 Å². The number of carbonyl (C=O) groups excluding carboxylic acids is 2. The van der Waals surface area contributed by atoms with Crippen molar-refractivity contribution in [2.75, 3.05) is 0 Å². The molecule has 2 saturated heterocycles. The fourth-order valence-electron chi connectivity index (χ4n) is 6.17. The molecule has 13 heteroatoms. The first-order chi connectivity index (χ1) is 20.2. The molecule has 0 bridgehead atoms. The number of H-pyrrole nitrogens is 1. The summed E-state index contributed by atoms with van der Waals surface area (Å²) in [6, 6.07) is 5.06. The Kier molecular flexibility index (Phi) is 7.28. The predicted molar refractivity (Wildman–Crippen MR) is 144 cm³/mol. The number of aromatic amines is 1. The fourth-order valence-corrected chi connectivity index (χ4v) is 6.17. The van der Waals surface area contributed by atoms with E-state index in [0.29, 0.717) is 41.8 Å². The largest absolute Gasteiger partial charge is 0.445 e. The number of halogens is 4. The lowest BCUT2D eigenvalue weighted by molar-refractivity contribution is -0.135. The molecule has 0 spiro atoms. The lowest BCUT2D eigenvalue weighted by Crippen LogP contribution is -2.50. The summed E-state index contributed by atoms with van der Waals surface area (Å²) >= 11 is 0. The second kappa shape index (κ2) is 10.5. The van der Waals surface area contributed by atoms with Crippen LogP contribution in [0.2, 0.25) is 0 Å². The normalized spacial score (nSPS) is 21.5. The molecule has 0 aliphatic carbocycles. The van der Waals surface area contributed by atoms with Crippen LogP contribution in [0.4, 0.5) is 17.6 Å². The number of fused-ring (bicyclic) bond motifs is 1. The average Bonchev–Trinajstić information content (AvgIpc) is 3.45. The van der Waals surface area contributed by atoms with Crippen LogP contribution in [0.3, 0.4) is 0 Å². The summed E-state index contributed by atoms with van der Waals surface area (Å²) in [7, 11) is 0. The molecule has 224 valence electrons. The summed E-state index contributed by atoms with van der Waals surface area (Å²) in [6.07, 6.45) is 0.677. The Bertz CT molecular complexity index is 1750. The zero-order valence-corrected chi connectivity index (χ0v) is 23.6. The lowest BCUT2D eigenvalue weighted by Gasteiger charge is -2.40. The van der Waals surface area contributed by atoms with Gasteiger partial charge in [0.2, 0.25) is 5.91 Å². The van der Waals surface area contributed by atoms with Crippen LogP contribution in [0.15, 0.2) is 35.1 Å². The standard InChI is InChI=1S/C30H27F4N5O4/c1-14-7-18(31)19(32)11-17(14)30-6-5-24(29(3,4)13-35)39(30)28(42)22(12-30)36-26(40)16-9-20(33)25(21(34)10-16)43-23-8-15(2)37-38-27(23)41/h7-11,22,24H,5-6,12H2,1-4H3,(H,36,40)(H,38,41)/t22-,24+,30+/m0/s1. The number of aromatic nitrogens is 2. The molecular weight excluding hydrogens is 570 g/mol. The highest BCUT2D eigenvalue weighted by Crippen LogP contribution is 2.54. The van der Waals surface area contributed by atoms with Crippen LogP contribution < -0.4 is 15.6 Å². The van der Waals surface area contributed by atoms with Crippen LogP contribution >= 0.6 is 0 Å². The van der Waals surface area contributed by atoms with Crippen molar-refractivity contribution in [1.82, 2.24) is 20.4 Å². The highest BCUT2D eigenvalue weighted by atomic mass is 19.2. The van der Waals surface area contributed by atoms with E-state index >= 15 is 0 Å². The van der Waals surface area contributed by atoms with Gasteiger partial charge >= 0.3 is 5.56 Å². The van der Waals surface area contributed by atoms with Gasteiger partial charge < -0.3 is 15.0 Å². The smallest absolute Gasteiger partial charge is 0.307 e. The molecule has 2 aromatic carbocycles. The third-order valence-corrected chi connectivity index (χ3v) is 8.25. The van der Waals surface area contributed by atoms with Crippen LogP contribution in [-0.2, 0) is 10.3 Å². The van der Waals surface area contributed by atoms with E-state index in [0.717, 1.165) is 12.1 Å². The first-order valence-electron chi connectivity index (χ1n) is 13.4. The summed E-state index contributed by atoms with van der Waals surface area (Å²) in [5, 5.41) is 18.1. The van der Waals surface area contributed by atoms with Crippen molar-refractivity contribution < 1.29 is 31.9 Å². The van der Waals surface area contributed by atoms with Gasteiger partial charge in [0.15, 0.2) is 34.8 Å². The van der Waals surface area contributed by atoms with Crippen LogP contribution in [0, 0.1) is 53.9 Å². The molecule has 3 heterocycles. The maximum Gasteiger partial charge on any atom is 0.307 e. The average molecular weight is 598 g/mol. The minimum absolute atomic E-state index is 0.0438. The number of rotatable bonds is 6. The van der Waals surface area contributed by atoms with Gasteiger partial charge in [0.1, 0.15) is 6.04 Å². The summed E-state index contributed by atoms with van der Waals surface area (Å²) in [5.74, 6) is -7.57. The molecule has 0 radical (unpaired) electrons. The Morgan fingerprint density at radius 1 is 1.09 bits per heavy atom. The minimum atomic E-state index is -1.28. The summed E-state index contributed by atoms with van der Waals surface area (Å²) in [5.41, 5.74) is -2.39. The van der Waals surface area contributed by atoms with Gasteiger partial charge in [0.05, 0.1) is 28.8 Å².